The van der Waals surface area contributed by atoms with E-state index in [2.05, 4.69) is 23.9 Å². The van der Waals surface area contributed by atoms with Gasteiger partial charge in [-0.15, -0.1) is 0 Å². The van der Waals surface area contributed by atoms with Crippen LogP contribution in [0.15, 0.2) is 12.2 Å². The minimum absolute atomic E-state index is 0.962. The van der Waals surface area contributed by atoms with Gasteiger partial charge < -0.3 is 0 Å². The fourth-order valence-electron chi connectivity index (χ4n) is 3.37. The molecule has 0 radical (unpaired) electrons. The summed E-state index contributed by atoms with van der Waals surface area (Å²) < 4.78 is 0. The maximum absolute atomic E-state index is 2.54. The summed E-state index contributed by atoms with van der Waals surface area (Å²) >= 11 is 2.33. The van der Waals surface area contributed by atoms with Crippen LogP contribution < -0.4 is 0 Å². The van der Waals surface area contributed by atoms with Gasteiger partial charge in [-0.25, -0.2) is 0 Å². The van der Waals surface area contributed by atoms with E-state index in [0.29, 0.717) is 0 Å². The highest BCUT2D eigenvalue weighted by Gasteiger charge is 2.43. The van der Waals surface area contributed by atoms with Gasteiger partial charge in [0.25, 0.3) is 0 Å². The molecule has 1 heteroatoms. The maximum atomic E-state index is 2.54. The van der Waals surface area contributed by atoms with E-state index in [1.165, 1.54) is 38.5 Å². The number of allylic oxidation sites excluding steroid dienone is 2. The Morgan fingerprint density at radius 3 is 2.92 bits per heavy atom. The van der Waals surface area contributed by atoms with E-state index in [9.17, 15) is 0 Å². The Labute approximate surface area is 85.2 Å². The molecule has 3 rings (SSSR count). The highest BCUT2D eigenvalue weighted by atomic mass is 32.2. The number of thioether (sulfide) groups is 1. The van der Waals surface area contributed by atoms with Gasteiger partial charge in [0.05, 0.1) is 0 Å². The summed E-state index contributed by atoms with van der Waals surface area (Å²) in [6, 6.07) is 0. The molecule has 0 aromatic carbocycles. The van der Waals surface area contributed by atoms with Crippen molar-refractivity contribution in [2.45, 2.75) is 49.0 Å². The van der Waals surface area contributed by atoms with E-state index >= 15 is 0 Å². The summed E-state index contributed by atoms with van der Waals surface area (Å²) in [7, 11) is 0. The van der Waals surface area contributed by atoms with E-state index in [-0.39, 0.29) is 0 Å². The van der Waals surface area contributed by atoms with Gasteiger partial charge >= 0.3 is 0 Å². The van der Waals surface area contributed by atoms with Crippen molar-refractivity contribution >= 4 is 11.8 Å². The molecule has 4 atom stereocenters. The zero-order valence-electron chi connectivity index (χ0n) is 8.11. The molecule has 2 aliphatic carbocycles. The first-order valence-corrected chi connectivity index (χ1v) is 6.71. The van der Waals surface area contributed by atoms with Gasteiger partial charge in [-0.05, 0) is 37.5 Å². The van der Waals surface area contributed by atoms with Crippen LogP contribution in [0.5, 0.6) is 0 Å². The third-order valence-electron chi connectivity index (χ3n) is 4.00. The molecule has 0 bridgehead atoms. The van der Waals surface area contributed by atoms with E-state index in [1.54, 1.807) is 0 Å². The van der Waals surface area contributed by atoms with E-state index < -0.39 is 0 Å². The topological polar surface area (TPSA) is 0 Å². The summed E-state index contributed by atoms with van der Waals surface area (Å²) in [5.41, 5.74) is 0. The van der Waals surface area contributed by atoms with Gasteiger partial charge in [0.2, 0.25) is 0 Å². The molecule has 0 N–H and O–H groups in total. The second-order valence-corrected chi connectivity index (χ2v) is 6.23. The van der Waals surface area contributed by atoms with Crippen molar-refractivity contribution in [3.63, 3.8) is 0 Å². The molecule has 13 heavy (non-hydrogen) atoms. The van der Waals surface area contributed by atoms with Gasteiger partial charge in [0.1, 0.15) is 0 Å². The summed E-state index contributed by atoms with van der Waals surface area (Å²) in [6.07, 6.45) is 13.8. The second kappa shape index (κ2) is 3.34. The molecular formula is C12H18S. The molecule has 1 heterocycles. The van der Waals surface area contributed by atoms with Crippen molar-refractivity contribution < 1.29 is 0 Å². The smallest absolute Gasteiger partial charge is 0.0119 e. The minimum atomic E-state index is 0.962. The van der Waals surface area contributed by atoms with Crippen molar-refractivity contribution in [2.24, 2.45) is 11.8 Å². The van der Waals surface area contributed by atoms with Gasteiger partial charge in [0, 0.05) is 10.5 Å². The summed E-state index contributed by atoms with van der Waals surface area (Å²) in [5.74, 6) is 2.02. The van der Waals surface area contributed by atoms with Crippen molar-refractivity contribution in [3.05, 3.63) is 12.2 Å². The highest BCUT2D eigenvalue weighted by Crippen LogP contribution is 2.52. The third-order valence-corrected chi connectivity index (χ3v) is 5.84. The Bertz CT molecular complexity index is 221. The number of hydrogen-bond acceptors (Lipinski definition) is 1. The van der Waals surface area contributed by atoms with Gasteiger partial charge in [0.15, 0.2) is 0 Å². The first-order valence-electron chi connectivity index (χ1n) is 5.77. The molecule has 0 aromatic heterocycles. The maximum Gasteiger partial charge on any atom is 0.0119 e. The van der Waals surface area contributed by atoms with E-state index in [0.717, 1.165) is 22.3 Å². The predicted molar refractivity (Wildman–Crippen MR) is 59.0 cm³/mol. The van der Waals surface area contributed by atoms with Crippen molar-refractivity contribution in [1.29, 1.82) is 0 Å². The zero-order valence-corrected chi connectivity index (χ0v) is 8.93. The third kappa shape index (κ3) is 1.36. The van der Waals surface area contributed by atoms with E-state index in [4.69, 9.17) is 0 Å². The molecule has 2 fully saturated rings. The average molecular weight is 194 g/mol. The lowest BCUT2D eigenvalue weighted by atomic mass is 9.76. The fraction of sp³-hybridized carbons (Fsp3) is 0.833. The molecule has 0 amide bonds. The van der Waals surface area contributed by atoms with Crippen LogP contribution in [0.3, 0.4) is 0 Å². The summed E-state index contributed by atoms with van der Waals surface area (Å²) in [6.45, 7) is 0. The normalized spacial score (nSPS) is 48.6. The predicted octanol–water partition coefficient (Wildman–Crippen LogP) is 3.63. The lowest BCUT2D eigenvalue weighted by molar-refractivity contribution is 0.306. The van der Waals surface area contributed by atoms with Crippen LogP contribution in [0.25, 0.3) is 0 Å². The Balaban J connectivity index is 1.82. The second-order valence-electron chi connectivity index (χ2n) is 4.74. The van der Waals surface area contributed by atoms with Crippen LogP contribution >= 0.6 is 11.8 Å². The van der Waals surface area contributed by atoms with Crippen LogP contribution in [0.4, 0.5) is 0 Å². The van der Waals surface area contributed by atoms with Crippen LogP contribution in [-0.2, 0) is 0 Å². The average Bonchev–Trinajstić information content (AvgIpc) is 2.56. The van der Waals surface area contributed by atoms with Gasteiger partial charge in [-0.3, -0.25) is 0 Å². The fourth-order valence-corrected chi connectivity index (χ4v) is 5.38. The molecule has 4 unspecified atom stereocenters. The number of rotatable bonds is 0. The quantitative estimate of drug-likeness (QED) is 0.531. The Hall–Kier alpha value is 0.0900. The molecule has 0 spiro atoms. The van der Waals surface area contributed by atoms with Crippen LogP contribution in [-0.4, -0.2) is 10.5 Å². The standard InChI is InChI=1S/C12H18S/c1-3-7-11-9(5-1)10-6-2-4-8-12(10)13-11/h1,5,9-12H,2-4,6-8H2. The number of fused-ring (bicyclic) bond motifs is 3. The zero-order chi connectivity index (χ0) is 8.67. The molecule has 1 saturated heterocycles. The van der Waals surface area contributed by atoms with Crippen molar-refractivity contribution in [1.82, 2.24) is 0 Å². The Morgan fingerprint density at radius 2 is 1.92 bits per heavy atom. The van der Waals surface area contributed by atoms with Crippen molar-refractivity contribution in [3.8, 4) is 0 Å². The van der Waals surface area contributed by atoms with Crippen LogP contribution in [0.2, 0.25) is 0 Å². The molecule has 3 aliphatic rings. The molecule has 72 valence electrons. The van der Waals surface area contributed by atoms with Crippen LogP contribution in [0, 0.1) is 11.8 Å². The monoisotopic (exact) mass is 194 g/mol. The first-order chi connectivity index (χ1) is 6.45. The minimum Gasteiger partial charge on any atom is -0.154 e. The number of hydrogen-bond donors (Lipinski definition) is 0. The SMILES string of the molecule is C1=CC2C(CC1)SC1CCCCC12. The van der Waals surface area contributed by atoms with E-state index in [1.807, 2.05) is 0 Å². The lowest BCUT2D eigenvalue weighted by Gasteiger charge is -2.28. The molecule has 0 nitrogen and oxygen atoms in total. The van der Waals surface area contributed by atoms with Gasteiger partial charge in [-0.2, -0.15) is 11.8 Å². The lowest BCUT2D eigenvalue weighted by Crippen LogP contribution is -2.24. The first kappa shape index (κ1) is 8.40. The molecule has 1 saturated carbocycles. The largest absolute Gasteiger partial charge is 0.154 e. The summed E-state index contributed by atoms with van der Waals surface area (Å²) in [5, 5.41) is 2.03. The molecular weight excluding hydrogens is 176 g/mol. The Kier molecular flexibility index (Phi) is 2.16. The summed E-state index contributed by atoms with van der Waals surface area (Å²) in [4.78, 5) is 0. The van der Waals surface area contributed by atoms with Crippen molar-refractivity contribution in [2.75, 3.05) is 0 Å². The highest BCUT2D eigenvalue weighted by molar-refractivity contribution is 8.00. The molecule has 1 aliphatic heterocycles. The van der Waals surface area contributed by atoms with Gasteiger partial charge in [-0.1, -0.05) is 25.0 Å². The molecule has 0 aromatic rings. The van der Waals surface area contributed by atoms with Crippen LogP contribution in [0.1, 0.15) is 38.5 Å². The Morgan fingerprint density at radius 1 is 1.00 bits per heavy atom.